The summed E-state index contributed by atoms with van der Waals surface area (Å²) < 4.78 is 0. The predicted octanol–water partition coefficient (Wildman–Crippen LogP) is 0.424. The molecule has 4 heteroatoms. The molecule has 0 bridgehead atoms. The van der Waals surface area contributed by atoms with Crippen molar-refractivity contribution in [3.63, 3.8) is 0 Å². The van der Waals surface area contributed by atoms with Crippen molar-refractivity contribution in [2.24, 2.45) is 0 Å². The van der Waals surface area contributed by atoms with Crippen molar-refractivity contribution in [3.8, 4) is 0 Å². The summed E-state index contributed by atoms with van der Waals surface area (Å²) in [5.74, 6) is -0.0627. The van der Waals surface area contributed by atoms with Crippen LogP contribution in [0, 0.1) is 0 Å². The molecule has 0 unspecified atom stereocenters. The fraction of sp³-hybridized carbons (Fsp3) is 0.222. The van der Waals surface area contributed by atoms with Crippen LogP contribution in [0.4, 0.5) is 11.4 Å². The molecule has 2 rings (SSSR count). The third kappa shape index (κ3) is 1.42. The van der Waals surface area contributed by atoms with Crippen LogP contribution in [0.15, 0.2) is 18.2 Å². The summed E-state index contributed by atoms with van der Waals surface area (Å²) in [4.78, 5) is 11.5. The number of amides is 1. The van der Waals surface area contributed by atoms with Crippen LogP contribution in [0.1, 0.15) is 10.4 Å². The van der Waals surface area contributed by atoms with Crippen LogP contribution >= 0.6 is 0 Å². The van der Waals surface area contributed by atoms with E-state index in [1.165, 1.54) is 0 Å². The number of nitrogen functional groups attached to an aromatic ring is 1. The highest BCUT2D eigenvalue weighted by Crippen LogP contribution is 2.19. The Balaban J connectivity index is 2.49. The number of rotatable bonds is 0. The number of fused-ring (bicyclic) bond motifs is 1. The molecule has 0 saturated carbocycles. The van der Waals surface area contributed by atoms with Gasteiger partial charge < -0.3 is 16.4 Å². The van der Waals surface area contributed by atoms with Gasteiger partial charge in [-0.25, -0.2) is 0 Å². The summed E-state index contributed by atoms with van der Waals surface area (Å²) >= 11 is 0. The zero-order valence-corrected chi connectivity index (χ0v) is 7.13. The van der Waals surface area contributed by atoms with Crippen molar-refractivity contribution < 1.29 is 4.79 Å². The minimum absolute atomic E-state index is 0.0627. The number of nitrogens with two attached hydrogens (primary N) is 1. The SMILES string of the molecule is Nc1ccc2c(c1)C(=O)NCCN2. The Morgan fingerprint density at radius 3 is 2.85 bits per heavy atom. The molecule has 1 heterocycles. The minimum Gasteiger partial charge on any atom is -0.399 e. The second kappa shape index (κ2) is 2.97. The van der Waals surface area contributed by atoms with Gasteiger partial charge in [-0.1, -0.05) is 0 Å². The van der Waals surface area contributed by atoms with E-state index in [0.717, 1.165) is 12.2 Å². The molecule has 13 heavy (non-hydrogen) atoms. The molecular weight excluding hydrogens is 166 g/mol. The van der Waals surface area contributed by atoms with E-state index in [9.17, 15) is 4.79 Å². The van der Waals surface area contributed by atoms with E-state index in [-0.39, 0.29) is 5.91 Å². The van der Waals surface area contributed by atoms with E-state index in [0.29, 0.717) is 17.8 Å². The van der Waals surface area contributed by atoms with Crippen molar-refractivity contribution in [2.75, 3.05) is 24.1 Å². The van der Waals surface area contributed by atoms with Crippen molar-refractivity contribution >= 4 is 17.3 Å². The summed E-state index contributed by atoms with van der Waals surface area (Å²) in [6.07, 6.45) is 0. The average molecular weight is 177 g/mol. The fourth-order valence-electron chi connectivity index (χ4n) is 1.37. The summed E-state index contributed by atoms with van der Waals surface area (Å²) in [6.45, 7) is 1.40. The lowest BCUT2D eigenvalue weighted by atomic mass is 10.1. The molecule has 1 aromatic rings. The first kappa shape index (κ1) is 7.91. The first-order valence-electron chi connectivity index (χ1n) is 4.19. The van der Waals surface area contributed by atoms with Gasteiger partial charge in [0.15, 0.2) is 0 Å². The van der Waals surface area contributed by atoms with Crippen LogP contribution in [0.5, 0.6) is 0 Å². The van der Waals surface area contributed by atoms with E-state index >= 15 is 0 Å². The molecule has 1 aromatic carbocycles. The molecule has 0 saturated heterocycles. The van der Waals surface area contributed by atoms with Gasteiger partial charge in [0.05, 0.1) is 5.56 Å². The van der Waals surface area contributed by atoms with Crippen LogP contribution in [-0.2, 0) is 0 Å². The standard InChI is InChI=1S/C9H11N3O/c10-6-1-2-8-7(5-6)9(13)12-4-3-11-8/h1-2,5,11H,3-4,10H2,(H,12,13). The number of benzene rings is 1. The lowest BCUT2D eigenvalue weighted by Crippen LogP contribution is -2.24. The molecule has 0 atom stereocenters. The highest BCUT2D eigenvalue weighted by molar-refractivity contribution is 6.01. The van der Waals surface area contributed by atoms with Crippen LogP contribution in [-0.4, -0.2) is 19.0 Å². The van der Waals surface area contributed by atoms with Gasteiger partial charge in [-0.2, -0.15) is 0 Å². The van der Waals surface area contributed by atoms with Crippen LogP contribution in [0.3, 0.4) is 0 Å². The lowest BCUT2D eigenvalue weighted by Gasteiger charge is -2.05. The van der Waals surface area contributed by atoms with Gasteiger partial charge in [0.1, 0.15) is 0 Å². The Morgan fingerprint density at radius 1 is 1.23 bits per heavy atom. The van der Waals surface area contributed by atoms with Crippen LogP contribution in [0.25, 0.3) is 0 Å². The molecule has 0 fully saturated rings. The van der Waals surface area contributed by atoms with E-state index in [1.54, 1.807) is 12.1 Å². The second-order valence-corrected chi connectivity index (χ2v) is 2.99. The summed E-state index contributed by atoms with van der Waals surface area (Å²) in [5, 5.41) is 5.91. The quantitative estimate of drug-likeness (QED) is 0.503. The third-order valence-corrected chi connectivity index (χ3v) is 2.01. The Morgan fingerprint density at radius 2 is 2.00 bits per heavy atom. The van der Waals surface area contributed by atoms with Crippen LogP contribution < -0.4 is 16.4 Å². The number of carbonyl (C=O) groups excluding carboxylic acids is 1. The van der Waals surface area contributed by atoms with E-state index in [4.69, 9.17) is 5.73 Å². The summed E-state index contributed by atoms with van der Waals surface area (Å²) in [6, 6.07) is 5.29. The Hall–Kier alpha value is -1.71. The van der Waals surface area contributed by atoms with Gasteiger partial charge in [-0.15, -0.1) is 0 Å². The van der Waals surface area contributed by atoms with Crippen molar-refractivity contribution in [2.45, 2.75) is 0 Å². The lowest BCUT2D eigenvalue weighted by molar-refractivity contribution is 0.0958. The maximum Gasteiger partial charge on any atom is 0.253 e. The highest BCUT2D eigenvalue weighted by Gasteiger charge is 2.13. The number of hydrogen-bond donors (Lipinski definition) is 3. The van der Waals surface area contributed by atoms with E-state index < -0.39 is 0 Å². The zero-order chi connectivity index (χ0) is 9.26. The summed E-state index contributed by atoms with van der Waals surface area (Å²) in [5.41, 5.74) is 7.67. The average Bonchev–Trinajstić information content (AvgIpc) is 2.29. The number of nitrogens with one attached hydrogen (secondary N) is 2. The largest absolute Gasteiger partial charge is 0.399 e. The molecule has 1 aliphatic heterocycles. The van der Waals surface area contributed by atoms with Crippen molar-refractivity contribution in [1.29, 1.82) is 0 Å². The van der Waals surface area contributed by atoms with Gasteiger partial charge in [0, 0.05) is 24.5 Å². The molecule has 0 aromatic heterocycles. The maximum absolute atomic E-state index is 11.5. The molecule has 1 aliphatic rings. The van der Waals surface area contributed by atoms with Crippen molar-refractivity contribution in [1.82, 2.24) is 5.32 Å². The molecule has 0 radical (unpaired) electrons. The van der Waals surface area contributed by atoms with Gasteiger partial charge >= 0.3 is 0 Å². The third-order valence-electron chi connectivity index (χ3n) is 2.01. The topological polar surface area (TPSA) is 67.2 Å². The number of carbonyl (C=O) groups is 1. The Kier molecular flexibility index (Phi) is 1.81. The highest BCUT2D eigenvalue weighted by atomic mass is 16.1. The zero-order valence-electron chi connectivity index (χ0n) is 7.13. The molecular formula is C9H11N3O. The Labute approximate surface area is 76.1 Å². The maximum atomic E-state index is 11.5. The summed E-state index contributed by atoms with van der Waals surface area (Å²) in [7, 11) is 0. The fourth-order valence-corrected chi connectivity index (χ4v) is 1.37. The second-order valence-electron chi connectivity index (χ2n) is 2.99. The van der Waals surface area contributed by atoms with Gasteiger partial charge in [-0.3, -0.25) is 4.79 Å². The molecule has 0 spiro atoms. The molecule has 4 nitrogen and oxygen atoms in total. The van der Waals surface area contributed by atoms with Gasteiger partial charge in [-0.05, 0) is 18.2 Å². The first-order chi connectivity index (χ1) is 6.27. The molecule has 1 amide bonds. The first-order valence-corrected chi connectivity index (χ1v) is 4.19. The van der Waals surface area contributed by atoms with Gasteiger partial charge in [0.25, 0.3) is 5.91 Å². The smallest absolute Gasteiger partial charge is 0.253 e. The molecule has 4 N–H and O–H groups in total. The molecule has 0 aliphatic carbocycles. The number of hydrogen-bond acceptors (Lipinski definition) is 3. The van der Waals surface area contributed by atoms with Crippen molar-refractivity contribution in [3.05, 3.63) is 23.8 Å². The van der Waals surface area contributed by atoms with E-state index in [2.05, 4.69) is 10.6 Å². The van der Waals surface area contributed by atoms with Crippen LogP contribution in [0.2, 0.25) is 0 Å². The normalized spacial score (nSPS) is 15.2. The predicted molar refractivity (Wildman–Crippen MR) is 51.7 cm³/mol. The number of anilines is 2. The monoisotopic (exact) mass is 177 g/mol. The Bertz CT molecular complexity index is 349. The molecule has 68 valence electrons. The minimum atomic E-state index is -0.0627. The van der Waals surface area contributed by atoms with Gasteiger partial charge in [0.2, 0.25) is 0 Å². The van der Waals surface area contributed by atoms with E-state index in [1.807, 2.05) is 6.07 Å².